The molecule has 3 aromatic carbocycles. The topological polar surface area (TPSA) is 75.7 Å². The molecule has 0 atom stereocenters. The maximum Gasteiger partial charge on any atom is 0.255 e. The van der Waals surface area contributed by atoms with Gasteiger partial charge in [0.1, 0.15) is 12.4 Å². The number of ether oxygens (including phenoxy) is 1. The van der Waals surface area contributed by atoms with E-state index >= 15 is 0 Å². The Labute approximate surface area is 199 Å². The zero-order chi connectivity index (χ0) is 23.3. The fourth-order valence-corrected chi connectivity index (χ4v) is 5.38. The van der Waals surface area contributed by atoms with Crippen LogP contribution in [0.4, 0.5) is 5.69 Å². The largest absolute Gasteiger partial charge is 0.489 e. The summed E-state index contributed by atoms with van der Waals surface area (Å²) in [6.07, 6.45) is 2.83. The molecule has 1 aliphatic rings. The fraction of sp³-hybridized carbons (Fsp3) is 0.240. The first-order valence-corrected chi connectivity index (χ1v) is 12.6. The number of hydrogen-bond acceptors (Lipinski definition) is 4. The van der Waals surface area contributed by atoms with Crippen molar-refractivity contribution >= 4 is 33.2 Å². The molecule has 3 aromatic rings. The number of anilines is 1. The summed E-state index contributed by atoms with van der Waals surface area (Å²) in [7, 11) is -3.50. The Morgan fingerprint density at radius 1 is 0.939 bits per heavy atom. The normalized spacial score (nSPS) is 14.6. The summed E-state index contributed by atoms with van der Waals surface area (Å²) >= 11 is 6.16. The van der Waals surface area contributed by atoms with Gasteiger partial charge in [-0.3, -0.25) is 4.79 Å². The molecule has 1 heterocycles. The van der Waals surface area contributed by atoms with Crippen LogP contribution in [-0.4, -0.2) is 31.7 Å². The third-order valence-electron chi connectivity index (χ3n) is 5.51. The average molecular weight is 485 g/mol. The summed E-state index contributed by atoms with van der Waals surface area (Å²) < 4.78 is 32.9. The van der Waals surface area contributed by atoms with E-state index in [4.69, 9.17) is 16.3 Å². The van der Waals surface area contributed by atoms with Gasteiger partial charge in [0.15, 0.2) is 0 Å². The highest BCUT2D eigenvalue weighted by Crippen LogP contribution is 2.23. The lowest BCUT2D eigenvalue weighted by Gasteiger charge is -2.25. The van der Waals surface area contributed by atoms with Crippen molar-refractivity contribution in [2.45, 2.75) is 30.8 Å². The Hall–Kier alpha value is -2.87. The van der Waals surface area contributed by atoms with Gasteiger partial charge >= 0.3 is 0 Å². The van der Waals surface area contributed by atoms with Crippen molar-refractivity contribution in [1.29, 1.82) is 0 Å². The van der Waals surface area contributed by atoms with Gasteiger partial charge in [0.2, 0.25) is 10.0 Å². The van der Waals surface area contributed by atoms with Crippen molar-refractivity contribution in [2.75, 3.05) is 18.4 Å². The average Bonchev–Trinajstić information content (AvgIpc) is 2.84. The Kier molecular flexibility index (Phi) is 7.33. The van der Waals surface area contributed by atoms with E-state index < -0.39 is 10.0 Å². The summed E-state index contributed by atoms with van der Waals surface area (Å²) in [6.45, 7) is 1.39. The first-order chi connectivity index (χ1) is 15.9. The van der Waals surface area contributed by atoms with Crippen LogP contribution in [0.25, 0.3) is 0 Å². The van der Waals surface area contributed by atoms with Crippen molar-refractivity contribution in [3.05, 3.63) is 88.9 Å². The summed E-state index contributed by atoms with van der Waals surface area (Å²) in [5.74, 6) is 0.232. The number of amides is 1. The SMILES string of the molecule is O=C(Nc1ccc(S(=O)(=O)N2CCCCC2)cc1)c1cccc(OCc2ccccc2Cl)c1. The zero-order valence-electron chi connectivity index (χ0n) is 18.0. The fourth-order valence-electron chi connectivity index (χ4n) is 3.67. The van der Waals surface area contributed by atoms with Gasteiger partial charge in [0, 0.05) is 34.9 Å². The Morgan fingerprint density at radius 3 is 2.39 bits per heavy atom. The Balaban J connectivity index is 1.40. The highest BCUT2D eigenvalue weighted by atomic mass is 35.5. The second-order valence-corrected chi connectivity index (χ2v) is 10.2. The van der Waals surface area contributed by atoms with Crippen LogP contribution < -0.4 is 10.1 Å². The number of sulfonamides is 1. The molecule has 0 aliphatic carbocycles. The van der Waals surface area contributed by atoms with Crippen molar-refractivity contribution < 1.29 is 17.9 Å². The number of benzene rings is 3. The molecule has 0 radical (unpaired) electrons. The van der Waals surface area contributed by atoms with Crippen LogP contribution >= 0.6 is 11.6 Å². The molecular weight excluding hydrogens is 460 g/mol. The lowest BCUT2D eigenvalue weighted by atomic mass is 10.2. The number of nitrogens with zero attached hydrogens (tertiary/aromatic N) is 1. The summed E-state index contributed by atoms with van der Waals surface area (Å²) in [6, 6.07) is 20.5. The van der Waals surface area contributed by atoms with E-state index in [1.54, 1.807) is 42.5 Å². The number of nitrogens with one attached hydrogen (secondary N) is 1. The first kappa shape index (κ1) is 23.3. The van der Waals surface area contributed by atoms with Gasteiger partial charge in [0.05, 0.1) is 4.90 Å². The number of rotatable bonds is 7. The maximum atomic E-state index is 12.8. The highest BCUT2D eigenvalue weighted by molar-refractivity contribution is 7.89. The predicted molar refractivity (Wildman–Crippen MR) is 129 cm³/mol. The minimum absolute atomic E-state index is 0.234. The molecule has 0 saturated carbocycles. The van der Waals surface area contributed by atoms with E-state index in [-0.39, 0.29) is 17.4 Å². The molecule has 8 heteroatoms. The van der Waals surface area contributed by atoms with E-state index in [1.807, 2.05) is 18.2 Å². The Morgan fingerprint density at radius 2 is 1.67 bits per heavy atom. The van der Waals surface area contributed by atoms with Crippen LogP contribution in [0.3, 0.4) is 0 Å². The summed E-state index contributed by atoms with van der Waals surface area (Å²) in [5.41, 5.74) is 1.80. The molecule has 1 fully saturated rings. The molecule has 1 amide bonds. The van der Waals surface area contributed by atoms with Gasteiger partial charge < -0.3 is 10.1 Å². The number of hydrogen-bond donors (Lipinski definition) is 1. The molecular formula is C25H25ClN2O4S. The van der Waals surface area contributed by atoms with Gasteiger partial charge in [-0.15, -0.1) is 0 Å². The van der Waals surface area contributed by atoms with E-state index in [2.05, 4.69) is 5.32 Å². The monoisotopic (exact) mass is 484 g/mol. The molecule has 1 N–H and O–H groups in total. The van der Waals surface area contributed by atoms with Crippen LogP contribution in [0.15, 0.2) is 77.7 Å². The summed E-state index contributed by atoms with van der Waals surface area (Å²) in [4.78, 5) is 12.9. The minimum atomic E-state index is -3.50. The minimum Gasteiger partial charge on any atom is -0.489 e. The number of halogens is 1. The molecule has 0 aromatic heterocycles. The third-order valence-corrected chi connectivity index (χ3v) is 7.79. The molecule has 0 spiro atoms. The molecule has 0 bridgehead atoms. The van der Waals surface area contributed by atoms with Crippen LogP contribution in [0, 0.1) is 0 Å². The van der Waals surface area contributed by atoms with E-state index in [9.17, 15) is 13.2 Å². The predicted octanol–water partition coefficient (Wildman–Crippen LogP) is 5.35. The standard InChI is InChI=1S/C25H25ClN2O4S/c26-24-10-3-2-7-20(24)18-32-22-9-6-8-19(17-22)25(29)27-21-11-13-23(14-12-21)33(30,31)28-15-4-1-5-16-28/h2-3,6-14,17H,1,4-5,15-16,18H2,(H,27,29). The maximum absolute atomic E-state index is 12.8. The van der Waals surface area contributed by atoms with E-state index in [0.717, 1.165) is 24.8 Å². The van der Waals surface area contributed by atoms with E-state index in [1.165, 1.54) is 16.4 Å². The van der Waals surface area contributed by atoms with Crippen LogP contribution in [-0.2, 0) is 16.6 Å². The van der Waals surface area contributed by atoms with Gasteiger partial charge in [0.25, 0.3) is 5.91 Å². The van der Waals surface area contributed by atoms with Crippen molar-refractivity contribution in [3.63, 3.8) is 0 Å². The third kappa shape index (κ3) is 5.74. The first-order valence-electron chi connectivity index (χ1n) is 10.8. The van der Waals surface area contributed by atoms with Gasteiger partial charge in [-0.05, 0) is 61.4 Å². The molecule has 33 heavy (non-hydrogen) atoms. The van der Waals surface area contributed by atoms with Crippen molar-refractivity contribution in [1.82, 2.24) is 4.31 Å². The molecule has 172 valence electrons. The van der Waals surface area contributed by atoms with Crippen molar-refractivity contribution in [2.24, 2.45) is 0 Å². The van der Waals surface area contributed by atoms with Gasteiger partial charge in [-0.25, -0.2) is 8.42 Å². The molecule has 1 aliphatic heterocycles. The second kappa shape index (κ2) is 10.4. The van der Waals surface area contributed by atoms with Crippen LogP contribution in [0.2, 0.25) is 5.02 Å². The van der Waals surface area contributed by atoms with Gasteiger partial charge in [-0.2, -0.15) is 4.31 Å². The second-order valence-electron chi connectivity index (χ2n) is 7.85. The Bertz CT molecular complexity index is 1220. The lowest BCUT2D eigenvalue weighted by molar-refractivity contribution is 0.102. The number of piperidine rings is 1. The van der Waals surface area contributed by atoms with Crippen molar-refractivity contribution in [3.8, 4) is 5.75 Å². The number of carbonyl (C=O) groups is 1. The number of carbonyl (C=O) groups excluding carboxylic acids is 1. The van der Waals surface area contributed by atoms with Crippen LogP contribution in [0.5, 0.6) is 5.75 Å². The van der Waals surface area contributed by atoms with Gasteiger partial charge in [-0.1, -0.05) is 42.3 Å². The molecule has 1 saturated heterocycles. The smallest absolute Gasteiger partial charge is 0.255 e. The quantitative estimate of drug-likeness (QED) is 0.490. The zero-order valence-corrected chi connectivity index (χ0v) is 19.6. The lowest BCUT2D eigenvalue weighted by Crippen LogP contribution is -2.35. The molecule has 0 unspecified atom stereocenters. The summed E-state index contributed by atoms with van der Waals surface area (Å²) in [5, 5.41) is 3.42. The van der Waals surface area contributed by atoms with E-state index in [0.29, 0.717) is 35.1 Å². The van der Waals surface area contributed by atoms with Crippen LogP contribution in [0.1, 0.15) is 35.2 Å². The highest BCUT2D eigenvalue weighted by Gasteiger charge is 2.25. The molecule has 4 rings (SSSR count). The molecule has 6 nitrogen and oxygen atoms in total.